The maximum Gasteiger partial charge on any atom is 0.221 e. The van der Waals surface area contributed by atoms with E-state index in [0.717, 1.165) is 19.6 Å². The van der Waals surface area contributed by atoms with Crippen molar-refractivity contribution in [3.63, 3.8) is 0 Å². The van der Waals surface area contributed by atoms with Crippen LogP contribution in [0.5, 0.6) is 0 Å². The van der Waals surface area contributed by atoms with Crippen LogP contribution in [-0.4, -0.2) is 36.6 Å². The summed E-state index contributed by atoms with van der Waals surface area (Å²) in [5.74, 6) is 0.196. The van der Waals surface area contributed by atoms with Crippen molar-refractivity contribution in [1.82, 2.24) is 15.8 Å². The van der Waals surface area contributed by atoms with Gasteiger partial charge in [-0.2, -0.15) is 0 Å². The van der Waals surface area contributed by atoms with Gasteiger partial charge in [0.05, 0.1) is 0 Å². The summed E-state index contributed by atoms with van der Waals surface area (Å²) in [4.78, 5) is 11.4. The molecule has 0 atom stereocenters. The van der Waals surface area contributed by atoms with Crippen LogP contribution in [0.15, 0.2) is 0 Å². The van der Waals surface area contributed by atoms with Crippen LogP contribution >= 0.6 is 0 Å². The van der Waals surface area contributed by atoms with Gasteiger partial charge in [-0.25, -0.2) is 5.01 Å². The SMILES string of the molecule is O=C(CCNN1CCCCC1)NC1CC1. The number of hydrogen-bond acceptors (Lipinski definition) is 3. The monoisotopic (exact) mass is 211 g/mol. The van der Waals surface area contributed by atoms with Gasteiger partial charge in [0.25, 0.3) is 0 Å². The molecule has 1 saturated carbocycles. The first kappa shape index (κ1) is 10.9. The van der Waals surface area contributed by atoms with Gasteiger partial charge in [-0.05, 0) is 25.7 Å². The van der Waals surface area contributed by atoms with Crippen LogP contribution in [-0.2, 0) is 4.79 Å². The van der Waals surface area contributed by atoms with E-state index in [1.165, 1.54) is 32.1 Å². The Kier molecular flexibility index (Phi) is 3.97. The van der Waals surface area contributed by atoms with Crippen LogP contribution in [0.2, 0.25) is 0 Å². The Labute approximate surface area is 91.4 Å². The fourth-order valence-corrected chi connectivity index (χ4v) is 1.91. The number of hydrogen-bond donors (Lipinski definition) is 2. The number of nitrogens with zero attached hydrogens (tertiary/aromatic N) is 1. The molecule has 0 unspecified atom stereocenters. The fraction of sp³-hybridized carbons (Fsp3) is 0.909. The van der Waals surface area contributed by atoms with E-state index in [2.05, 4.69) is 15.8 Å². The molecule has 1 saturated heterocycles. The van der Waals surface area contributed by atoms with Crippen LogP contribution in [0.25, 0.3) is 0 Å². The largest absolute Gasteiger partial charge is 0.353 e. The molecule has 2 fully saturated rings. The Morgan fingerprint density at radius 2 is 1.93 bits per heavy atom. The minimum atomic E-state index is 0.196. The lowest BCUT2D eigenvalue weighted by atomic mass is 10.2. The molecule has 4 nitrogen and oxygen atoms in total. The second-order valence-corrected chi connectivity index (χ2v) is 4.55. The van der Waals surface area contributed by atoms with Crippen molar-refractivity contribution in [3.8, 4) is 0 Å². The summed E-state index contributed by atoms with van der Waals surface area (Å²) in [6.07, 6.45) is 6.85. The topological polar surface area (TPSA) is 44.4 Å². The zero-order valence-electron chi connectivity index (χ0n) is 9.30. The van der Waals surface area contributed by atoms with Crippen molar-refractivity contribution in [3.05, 3.63) is 0 Å². The lowest BCUT2D eigenvalue weighted by molar-refractivity contribution is -0.121. The number of hydrazine groups is 1. The number of piperidine rings is 1. The normalized spacial score (nSPS) is 22.7. The van der Waals surface area contributed by atoms with Crippen molar-refractivity contribution >= 4 is 5.91 Å². The molecular weight excluding hydrogens is 190 g/mol. The van der Waals surface area contributed by atoms with Gasteiger partial charge in [-0.3, -0.25) is 10.2 Å². The zero-order valence-corrected chi connectivity index (χ0v) is 9.30. The van der Waals surface area contributed by atoms with Gasteiger partial charge in [0.2, 0.25) is 5.91 Å². The first-order chi connectivity index (χ1) is 7.34. The molecular formula is C11H21N3O. The van der Waals surface area contributed by atoms with E-state index in [0.29, 0.717) is 12.5 Å². The molecule has 1 amide bonds. The first-order valence-corrected chi connectivity index (χ1v) is 6.12. The van der Waals surface area contributed by atoms with Crippen LogP contribution in [0, 0.1) is 0 Å². The Morgan fingerprint density at radius 3 is 2.60 bits per heavy atom. The van der Waals surface area contributed by atoms with Gasteiger partial charge in [-0.15, -0.1) is 0 Å². The summed E-state index contributed by atoms with van der Waals surface area (Å²) < 4.78 is 0. The van der Waals surface area contributed by atoms with E-state index in [-0.39, 0.29) is 5.91 Å². The average molecular weight is 211 g/mol. The van der Waals surface area contributed by atoms with Crippen molar-refractivity contribution in [2.75, 3.05) is 19.6 Å². The molecule has 1 aliphatic carbocycles. The predicted molar refractivity (Wildman–Crippen MR) is 59.2 cm³/mol. The van der Waals surface area contributed by atoms with Crippen LogP contribution < -0.4 is 10.7 Å². The summed E-state index contributed by atoms with van der Waals surface area (Å²) in [6, 6.07) is 0.493. The van der Waals surface area contributed by atoms with E-state index >= 15 is 0 Å². The molecule has 15 heavy (non-hydrogen) atoms. The molecule has 1 heterocycles. The van der Waals surface area contributed by atoms with Crippen LogP contribution in [0.3, 0.4) is 0 Å². The van der Waals surface area contributed by atoms with Gasteiger partial charge in [0, 0.05) is 32.1 Å². The highest BCUT2D eigenvalue weighted by Crippen LogP contribution is 2.18. The number of nitrogens with one attached hydrogen (secondary N) is 2. The zero-order chi connectivity index (χ0) is 10.5. The minimum Gasteiger partial charge on any atom is -0.353 e. The number of carbonyl (C=O) groups is 1. The second kappa shape index (κ2) is 5.47. The van der Waals surface area contributed by atoms with Gasteiger partial charge in [0.1, 0.15) is 0 Å². The Balaban J connectivity index is 1.51. The first-order valence-electron chi connectivity index (χ1n) is 6.12. The maximum atomic E-state index is 11.4. The molecule has 4 heteroatoms. The molecule has 0 aromatic heterocycles. The highest BCUT2D eigenvalue weighted by molar-refractivity contribution is 5.76. The maximum absolute atomic E-state index is 11.4. The van der Waals surface area contributed by atoms with Crippen molar-refractivity contribution in [1.29, 1.82) is 0 Å². The van der Waals surface area contributed by atoms with Crippen molar-refractivity contribution < 1.29 is 4.79 Å². The van der Waals surface area contributed by atoms with Crippen molar-refractivity contribution in [2.24, 2.45) is 0 Å². The van der Waals surface area contributed by atoms with E-state index in [1.807, 2.05) is 0 Å². The quantitative estimate of drug-likeness (QED) is 0.701. The predicted octanol–water partition coefficient (Wildman–Crippen LogP) is 0.646. The van der Waals surface area contributed by atoms with E-state index in [4.69, 9.17) is 0 Å². The molecule has 86 valence electrons. The summed E-state index contributed by atoms with van der Waals surface area (Å²) in [5.41, 5.74) is 3.32. The Bertz CT molecular complexity index is 210. The molecule has 0 aromatic rings. The van der Waals surface area contributed by atoms with E-state index in [9.17, 15) is 4.79 Å². The molecule has 2 aliphatic rings. The van der Waals surface area contributed by atoms with Gasteiger partial charge in [0.15, 0.2) is 0 Å². The fourth-order valence-electron chi connectivity index (χ4n) is 1.91. The lowest BCUT2D eigenvalue weighted by Gasteiger charge is -2.26. The summed E-state index contributed by atoms with van der Waals surface area (Å²) in [5, 5.41) is 5.24. The molecule has 0 aromatic carbocycles. The second-order valence-electron chi connectivity index (χ2n) is 4.55. The molecule has 2 N–H and O–H groups in total. The molecule has 0 spiro atoms. The summed E-state index contributed by atoms with van der Waals surface area (Å²) in [7, 11) is 0. The van der Waals surface area contributed by atoms with Crippen LogP contribution in [0.4, 0.5) is 0 Å². The van der Waals surface area contributed by atoms with Gasteiger partial charge in [-0.1, -0.05) is 6.42 Å². The average Bonchev–Trinajstić information content (AvgIpc) is 3.03. The number of amides is 1. The summed E-state index contributed by atoms with van der Waals surface area (Å²) >= 11 is 0. The number of rotatable bonds is 5. The van der Waals surface area contributed by atoms with E-state index < -0.39 is 0 Å². The minimum absolute atomic E-state index is 0.196. The summed E-state index contributed by atoms with van der Waals surface area (Å²) in [6.45, 7) is 3.03. The Morgan fingerprint density at radius 1 is 1.20 bits per heavy atom. The third kappa shape index (κ3) is 4.18. The van der Waals surface area contributed by atoms with Crippen molar-refractivity contribution in [2.45, 2.75) is 44.6 Å². The molecule has 0 bridgehead atoms. The third-order valence-corrected chi connectivity index (χ3v) is 2.99. The number of carbonyl (C=O) groups excluding carboxylic acids is 1. The molecule has 1 aliphatic heterocycles. The third-order valence-electron chi connectivity index (χ3n) is 2.99. The lowest BCUT2D eigenvalue weighted by Crippen LogP contribution is -2.43. The standard InChI is InChI=1S/C11H21N3O/c15-11(13-10-4-5-10)6-7-12-14-8-2-1-3-9-14/h10,12H,1-9H2,(H,13,15). The van der Waals surface area contributed by atoms with Gasteiger partial charge < -0.3 is 5.32 Å². The molecule has 0 radical (unpaired) electrons. The smallest absolute Gasteiger partial charge is 0.221 e. The van der Waals surface area contributed by atoms with E-state index in [1.54, 1.807) is 0 Å². The van der Waals surface area contributed by atoms with Crippen LogP contribution in [0.1, 0.15) is 38.5 Å². The highest BCUT2D eigenvalue weighted by Gasteiger charge is 2.22. The van der Waals surface area contributed by atoms with Gasteiger partial charge >= 0.3 is 0 Å². The molecule has 2 rings (SSSR count). The highest BCUT2D eigenvalue weighted by atomic mass is 16.1. The Hall–Kier alpha value is -0.610.